The molecule has 0 N–H and O–H groups in total. The van der Waals surface area contributed by atoms with Gasteiger partial charge in [0.25, 0.3) is 0 Å². The molecule has 0 aromatic rings. The van der Waals surface area contributed by atoms with Crippen LogP contribution in [-0.2, 0) is 15.0 Å². The van der Waals surface area contributed by atoms with Gasteiger partial charge in [0.2, 0.25) is 0 Å². The molecule has 88 valence electrons. The van der Waals surface area contributed by atoms with Gasteiger partial charge < -0.3 is 0 Å². The molecule has 1 fully saturated rings. The Morgan fingerprint density at radius 2 is 2.19 bits per heavy atom. The molecule has 0 radical (unpaired) electrons. The van der Waals surface area contributed by atoms with Gasteiger partial charge in [-0.25, -0.2) is 4.31 Å². The van der Waals surface area contributed by atoms with E-state index >= 15 is 0 Å². The van der Waals surface area contributed by atoms with E-state index in [4.69, 9.17) is 0 Å². The minimum atomic E-state index is -3.52. The van der Waals surface area contributed by atoms with Gasteiger partial charge in [0.05, 0.1) is 0 Å². The van der Waals surface area contributed by atoms with Crippen LogP contribution in [0.4, 0.5) is 0 Å². The maximum Gasteiger partial charge on any atom is 0.306 e. The van der Waals surface area contributed by atoms with Gasteiger partial charge in [-0.05, 0) is 18.3 Å². The SMILES string of the molecule is CN(C)S(=O)(=O)N1C=CC2CC2C(C=O)=C1. The van der Waals surface area contributed by atoms with E-state index in [1.165, 1.54) is 26.5 Å². The van der Waals surface area contributed by atoms with Gasteiger partial charge >= 0.3 is 10.2 Å². The van der Waals surface area contributed by atoms with Crippen LogP contribution in [0, 0.1) is 11.8 Å². The van der Waals surface area contributed by atoms with Crippen LogP contribution in [0.15, 0.2) is 24.0 Å². The highest BCUT2D eigenvalue weighted by atomic mass is 32.2. The van der Waals surface area contributed by atoms with Crippen molar-refractivity contribution in [2.45, 2.75) is 6.42 Å². The highest BCUT2D eigenvalue weighted by molar-refractivity contribution is 7.86. The number of allylic oxidation sites excluding steroid dienone is 2. The largest absolute Gasteiger partial charge is 0.306 e. The lowest BCUT2D eigenvalue weighted by Gasteiger charge is -2.20. The Morgan fingerprint density at radius 3 is 2.75 bits per heavy atom. The zero-order valence-corrected chi connectivity index (χ0v) is 10.0. The molecule has 0 aromatic carbocycles. The van der Waals surface area contributed by atoms with E-state index in [2.05, 4.69) is 0 Å². The number of hydrogen-bond donors (Lipinski definition) is 0. The number of rotatable bonds is 3. The van der Waals surface area contributed by atoms with E-state index in [0.29, 0.717) is 11.5 Å². The van der Waals surface area contributed by atoms with Gasteiger partial charge in [0.1, 0.15) is 6.29 Å². The molecule has 16 heavy (non-hydrogen) atoms. The van der Waals surface area contributed by atoms with E-state index in [1.54, 1.807) is 0 Å². The van der Waals surface area contributed by atoms with E-state index < -0.39 is 10.2 Å². The second-order valence-corrected chi connectivity index (χ2v) is 6.26. The van der Waals surface area contributed by atoms with E-state index in [1.807, 2.05) is 6.08 Å². The Labute approximate surface area is 95.2 Å². The van der Waals surface area contributed by atoms with E-state index in [-0.39, 0.29) is 5.92 Å². The fourth-order valence-corrected chi connectivity index (χ4v) is 2.60. The van der Waals surface area contributed by atoms with Crippen LogP contribution in [0.25, 0.3) is 0 Å². The third kappa shape index (κ3) is 1.78. The van der Waals surface area contributed by atoms with Gasteiger partial charge in [-0.2, -0.15) is 12.7 Å². The molecular formula is C10H14N2O3S. The Kier molecular flexibility index (Phi) is 2.63. The third-order valence-corrected chi connectivity index (χ3v) is 4.57. The summed E-state index contributed by atoms with van der Waals surface area (Å²) in [6.45, 7) is 0. The summed E-state index contributed by atoms with van der Waals surface area (Å²) in [7, 11) is -0.602. The summed E-state index contributed by atoms with van der Waals surface area (Å²) in [5.74, 6) is 0.523. The van der Waals surface area contributed by atoms with Gasteiger partial charge in [-0.15, -0.1) is 0 Å². The second-order valence-electron chi connectivity index (χ2n) is 4.21. The molecule has 0 aromatic heterocycles. The van der Waals surface area contributed by atoms with Crippen molar-refractivity contribution in [3.63, 3.8) is 0 Å². The maximum absolute atomic E-state index is 11.9. The summed E-state index contributed by atoms with van der Waals surface area (Å²) in [5, 5.41) is 0. The lowest BCUT2D eigenvalue weighted by Crippen LogP contribution is -2.33. The molecule has 6 heteroatoms. The number of carbonyl (C=O) groups is 1. The minimum absolute atomic E-state index is 0.205. The second kappa shape index (κ2) is 3.71. The lowest BCUT2D eigenvalue weighted by molar-refractivity contribution is -0.105. The molecule has 1 heterocycles. The van der Waals surface area contributed by atoms with Crippen molar-refractivity contribution in [3.8, 4) is 0 Å². The van der Waals surface area contributed by atoms with Crippen molar-refractivity contribution in [1.82, 2.24) is 8.61 Å². The first-order valence-electron chi connectivity index (χ1n) is 5.03. The highest BCUT2D eigenvalue weighted by Gasteiger charge is 2.40. The molecule has 0 saturated heterocycles. The fraction of sp³-hybridized carbons (Fsp3) is 0.500. The molecule has 2 rings (SSSR count). The van der Waals surface area contributed by atoms with Crippen molar-refractivity contribution < 1.29 is 13.2 Å². The molecular weight excluding hydrogens is 228 g/mol. The predicted octanol–water partition coefficient (Wildman–Crippen LogP) is 0.341. The minimum Gasteiger partial charge on any atom is -0.298 e. The Hall–Kier alpha value is -1.14. The third-order valence-electron chi connectivity index (χ3n) is 2.89. The summed E-state index contributed by atoms with van der Waals surface area (Å²) >= 11 is 0. The molecule has 1 saturated carbocycles. The van der Waals surface area contributed by atoms with Crippen molar-refractivity contribution >= 4 is 16.5 Å². The normalized spacial score (nSPS) is 28.4. The Bertz CT molecular complexity index is 464. The standard InChI is InChI=1S/C10H14N2O3S/c1-11(2)16(14,15)12-4-3-8-5-10(8)9(6-12)7-13/h3-4,6-8,10H,5H2,1-2H3. The van der Waals surface area contributed by atoms with Crippen molar-refractivity contribution in [1.29, 1.82) is 0 Å². The maximum atomic E-state index is 11.9. The molecule has 0 bridgehead atoms. The molecule has 2 aliphatic rings. The van der Waals surface area contributed by atoms with Crippen molar-refractivity contribution in [3.05, 3.63) is 24.0 Å². The molecule has 0 spiro atoms. The first kappa shape index (κ1) is 11.3. The zero-order chi connectivity index (χ0) is 11.9. The number of aldehydes is 1. The lowest BCUT2D eigenvalue weighted by atomic mass is 10.2. The van der Waals surface area contributed by atoms with Gasteiger partial charge in [-0.1, -0.05) is 6.08 Å². The number of fused-ring (bicyclic) bond motifs is 1. The number of hydrogen-bond acceptors (Lipinski definition) is 3. The Morgan fingerprint density at radius 1 is 1.50 bits per heavy atom. The van der Waals surface area contributed by atoms with Crippen LogP contribution in [0.1, 0.15) is 6.42 Å². The summed E-state index contributed by atoms with van der Waals surface area (Å²) < 4.78 is 25.9. The van der Waals surface area contributed by atoms with E-state index in [0.717, 1.165) is 21.3 Å². The van der Waals surface area contributed by atoms with E-state index in [9.17, 15) is 13.2 Å². The topological polar surface area (TPSA) is 57.7 Å². The van der Waals surface area contributed by atoms with Gasteiger partial charge in [0, 0.05) is 32.1 Å². The molecule has 1 aliphatic carbocycles. The first-order valence-corrected chi connectivity index (χ1v) is 6.42. The van der Waals surface area contributed by atoms with Crippen LogP contribution >= 0.6 is 0 Å². The first-order chi connectivity index (χ1) is 7.46. The summed E-state index contributed by atoms with van der Waals surface area (Å²) in [6.07, 6.45) is 6.47. The summed E-state index contributed by atoms with van der Waals surface area (Å²) in [6, 6.07) is 0. The van der Waals surface area contributed by atoms with Crippen LogP contribution in [0.5, 0.6) is 0 Å². The quantitative estimate of drug-likeness (QED) is 0.671. The number of carbonyl (C=O) groups excluding carboxylic acids is 1. The zero-order valence-electron chi connectivity index (χ0n) is 9.20. The van der Waals surface area contributed by atoms with Crippen molar-refractivity contribution in [2.24, 2.45) is 11.8 Å². The van der Waals surface area contributed by atoms with Gasteiger partial charge in [-0.3, -0.25) is 4.79 Å². The number of nitrogens with zero attached hydrogens (tertiary/aromatic N) is 2. The van der Waals surface area contributed by atoms with Crippen LogP contribution in [-0.4, -0.2) is 37.4 Å². The fourth-order valence-electron chi connectivity index (χ4n) is 1.74. The molecule has 5 nitrogen and oxygen atoms in total. The molecule has 2 unspecified atom stereocenters. The molecule has 2 atom stereocenters. The monoisotopic (exact) mass is 242 g/mol. The highest BCUT2D eigenvalue weighted by Crippen LogP contribution is 2.46. The average molecular weight is 242 g/mol. The van der Waals surface area contributed by atoms with Gasteiger partial charge in [0.15, 0.2) is 0 Å². The van der Waals surface area contributed by atoms with Crippen LogP contribution < -0.4 is 0 Å². The van der Waals surface area contributed by atoms with Crippen LogP contribution in [0.3, 0.4) is 0 Å². The molecule has 1 aliphatic heterocycles. The molecule has 0 amide bonds. The summed E-state index contributed by atoms with van der Waals surface area (Å²) in [4.78, 5) is 10.9. The van der Waals surface area contributed by atoms with Crippen LogP contribution in [0.2, 0.25) is 0 Å². The average Bonchev–Trinajstić information content (AvgIpc) is 2.95. The smallest absolute Gasteiger partial charge is 0.298 e. The predicted molar refractivity (Wildman–Crippen MR) is 59.3 cm³/mol. The van der Waals surface area contributed by atoms with Crippen molar-refractivity contribution in [2.75, 3.05) is 14.1 Å². The summed E-state index contributed by atoms with van der Waals surface area (Å²) in [5.41, 5.74) is 0.556. The Balaban J connectivity index is 2.36.